The molecule has 0 aliphatic rings. The first-order valence-electron chi connectivity index (χ1n) is 7.20. The molecule has 1 heterocycles. The Bertz CT molecular complexity index is 980. The van der Waals surface area contributed by atoms with E-state index in [9.17, 15) is 4.79 Å². The second-order valence-electron chi connectivity index (χ2n) is 5.06. The highest BCUT2D eigenvalue weighted by molar-refractivity contribution is 9.10. The predicted octanol–water partition coefficient (Wildman–Crippen LogP) is 3.87. The maximum atomic E-state index is 12.2. The second-order valence-corrected chi connectivity index (χ2v) is 5.98. The molecule has 0 aliphatic heterocycles. The molecule has 1 aromatic heterocycles. The molecule has 0 fully saturated rings. The molecule has 122 valence electrons. The average Bonchev–Trinajstić information content (AvgIpc) is 2.60. The van der Waals surface area contributed by atoms with Crippen molar-refractivity contribution in [1.29, 1.82) is 0 Å². The summed E-state index contributed by atoms with van der Waals surface area (Å²) in [5, 5.41) is 0.549. The lowest BCUT2D eigenvalue weighted by atomic mass is 10.2. The molecule has 0 atom stereocenters. The largest absolute Gasteiger partial charge is 0.493 e. The van der Waals surface area contributed by atoms with Crippen LogP contribution < -0.4 is 15.0 Å². The van der Waals surface area contributed by atoms with Gasteiger partial charge in [-0.05, 0) is 42.0 Å². The van der Waals surface area contributed by atoms with Crippen LogP contribution >= 0.6 is 15.9 Å². The lowest BCUT2D eigenvalue weighted by molar-refractivity contribution is 0.355. The molecule has 0 bridgehead atoms. The molecule has 0 amide bonds. The van der Waals surface area contributed by atoms with Crippen molar-refractivity contribution in [3.8, 4) is 11.5 Å². The van der Waals surface area contributed by atoms with Gasteiger partial charge in [-0.3, -0.25) is 4.79 Å². The molecule has 0 spiro atoms. The monoisotopic (exact) mass is 386 g/mol. The van der Waals surface area contributed by atoms with Crippen molar-refractivity contribution in [2.45, 2.75) is 0 Å². The van der Waals surface area contributed by atoms with Gasteiger partial charge in [-0.25, -0.2) is 4.98 Å². The molecule has 5 nitrogen and oxygen atoms in total. The van der Waals surface area contributed by atoms with Crippen LogP contribution in [0.25, 0.3) is 23.1 Å². The van der Waals surface area contributed by atoms with E-state index in [1.165, 1.54) is 0 Å². The molecule has 0 saturated carbocycles. The van der Waals surface area contributed by atoms with Crippen LogP contribution in [0, 0.1) is 0 Å². The van der Waals surface area contributed by atoms with Crippen LogP contribution in [0.15, 0.2) is 45.7 Å². The lowest BCUT2D eigenvalue weighted by Gasteiger charge is -2.07. The van der Waals surface area contributed by atoms with Gasteiger partial charge in [0.1, 0.15) is 5.82 Å². The summed E-state index contributed by atoms with van der Waals surface area (Å²) >= 11 is 3.36. The van der Waals surface area contributed by atoms with Gasteiger partial charge in [0.2, 0.25) is 0 Å². The van der Waals surface area contributed by atoms with E-state index >= 15 is 0 Å². The maximum Gasteiger partial charge on any atom is 0.259 e. The Kier molecular flexibility index (Phi) is 4.66. The summed E-state index contributed by atoms with van der Waals surface area (Å²) in [5.41, 5.74) is 1.38. The predicted molar refractivity (Wildman–Crippen MR) is 98.5 cm³/mol. The Labute approximate surface area is 147 Å². The van der Waals surface area contributed by atoms with Crippen LogP contribution in [-0.4, -0.2) is 24.2 Å². The molecule has 3 aromatic rings. The smallest absolute Gasteiger partial charge is 0.259 e. The van der Waals surface area contributed by atoms with Crippen LogP contribution in [0.3, 0.4) is 0 Å². The minimum atomic E-state index is -0.173. The number of halogens is 1. The van der Waals surface area contributed by atoms with Crippen molar-refractivity contribution in [3.63, 3.8) is 0 Å². The van der Waals surface area contributed by atoms with E-state index in [1.807, 2.05) is 36.4 Å². The maximum absolute atomic E-state index is 12.2. The minimum Gasteiger partial charge on any atom is -0.493 e. The Hall–Kier alpha value is -2.60. The summed E-state index contributed by atoms with van der Waals surface area (Å²) in [6, 6.07) is 11.0. The van der Waals surface area contributed by atoms with Crippen molar-refractivity contribution in [3.05, 3.63) is 62.6 Å². The third-order valence-electron chi connectivity index (χ3n) is 3.53. The molecule has 2 aromatic carbocycles. The number of fused-ring (bicyclic) bond motifs is 1. The van der Waals surface area contributed by atoms with Crippen molar-refractivity contribution < 1.29 is 9.47 Å². The molecule has 0 saturated heterocycles. The van der Waals surface area contributed by atoms with Gasteiger partial charge < -0.3 is 14.5 Å². The van der Waals surface area contributed by atoms with E-state index in [0.29, 0.717) is 28.2 Å². The van der Waals surface area contributed by atoms with Gasteiger partial charge in [-0.1, -0.05) is 28.1 Å². The van der Waals surface area contributed by atoms with Crippen LogP contribution in [0.2, 0.25) is 0 Å². The zero-order valence-corrected chi connectivity index (χ0v) is 14.8. The minimum absolute atomic E-state index is 0.173. The molecule has 24 heavy (non-hydrogen) atoms. The van der Waals surface area contributed by atoms with Crippen molar-refractivity contribution in [2.75, 3.05) is 14.2 Å². The number of hydrogen-bond donors (Lipinski definition) is 1. The van der Waals surface area contributed by atoms with E-state index in [-0.39, 0.29) is 5.56 Å². The Morgan fingerprint density at radius 3 is 2.58 bits per heavy atom. The number of methoxy groups -OCH3 is 2. The van der Waals surface area contributed by atoms with Crippen molar-refractivity contribution in [2.24, 2.45) is 0 Å². The standard InChI is InChI=1S/C18H15BrN2O3/c1-23-15-7-3-11(9-16(15)24-2)4-8-17-20-14-6-5-12(19)10-13(14)18(22)21-17/h3-10H,1-2H3,(H,20,21,22). The van der Waals surface area contributed by atoms with Crippen LogP contribution in [0.4, 0.5) is 0 Å². The normalized spacial score (nSPS) is 11.1. The van der Waals surface area contributed by atoms with E-state index < -0.39 is 0 Å². The van der Waals surface area contributed by atoms with Crippen molar-refractivity contribution in [1.82, 2.24) is 9.97 Å². The summed E-state index contributed by atoms with van der Waals surface area (Å²) < 4.78 is 11.3. The highest BCUT2D eigenvalue weighted by Crippen LogP contribution is 2.28. The summed E-state index contributed by atoms with van der Waals surface area (Å²) in [6.45, 7) is 0. The van der Waals surface area contributed by atoms with E-state index in [2.05, 4.69) is 25.9 Å². The fourth-order valence-electron chi connectivity index (χ4n) is 2.34. The molecule has 6 heteroatoms. The third kappa shape index (κ3) is 3.33. The van der Waals surface area contributed by atoms with E-state index in [0.717, 1.165) is 10.0 Å². The Morgan fingerprint density at radius 1 is 1.04 bits per heavy atom. The SMILES string of the molecule is COc1ccc(C=Cc2nc3ccc(Br)cc3c(=O)[nH]2)cc1OC. The lowest BCUT2D eigenvalue weighted by Crippen LogP contribution is -2.09. The number of benzene rings is 2. The first kappa shape index (κ1) is 16.3. The molecule has 1 N–H and O–H groups in total. The van der Waals surface area contributed by atoms with E-state index in [1.54, 1.807) is 26.4 Å². The van der Waals surface area contributed by atoms with Gasteiger partial charge in [0, 0.05) is 4.47 Å². The number of ether oxygens (including phenoxy) is 2. The average molecular weight is 387 g/mol. The Balaban J connectivity index is 1.96. The number of H-pyrrole nitrogens is 1. The fraction of sp³-hybridized carbons (Fsp3) is 0.111. The van der Waals surface area contributed by atoms with Crippen LogP contribution in [0.5, 0.6) is 11.5 Å². The zero-order chi connectivity index (χ0) is 17.1. The van der Waals surface area contributed by atoms with Crippen LogP contribution in [0.1, 0.15) is 11.4 Å². The van der Waals surface area contributed by atoms with Gasteiger partial charge in [0.25, 0.3) is 5.56 Å². The summed E-state index contributed by atoms with van der Waals surface area (Å²) in [5.74, 6) is 1.80. The van der Waals surface area contributed by atoms with E-state index in [4.69, 9.17) is 9.47 Å². The van der Waals surface area contributed by atoms with Gasteiger partial charge in [-0.15, -0.1) is 0 Å². The molecule has 3 rings (SSSR count). The number of hydrogen-bond acceptors (Lipinski definition) is 4. The number of rotatable bonds is 4. The highest BCUT2D eigenvalue weighted by Gasteiger charge is 2.04. The summed E-state index contributed by atoms with van der Waals surface area (Å²) in [4.78, 5) is 19.4. The van der Waals surface area contributed by atoms with Gasteiger partial charge >= 0.3 is 0 Å². The number of aromatic amines is 1. The first-order valence-corrected chi connectivity index (χ1v) is 7.99. The molecule has 0 radical (unpaired) electrons. The summed E-state index contributed by atoms with van der Waals surface area (Å²) in [7, 11) is 3.18. The summed E-state index contributed by atoms with van der Waals surface area (Å²) in [6.07, 6.45) is 3.61. The van der Waals surface area contributed by atoms with Gasteiger partial charge in [0.05, 0.1) is 25.1 Å². The van der Waals surface area contributed by atoms with Crippen LogP contribution in [-0.2, 0) is 0 Å². The highest BCUT2D eigenvalue weighted by atomic mass is 79.9. The molecular formula is C18H15BrN2O3. The third-order valence-corrected chi connectivity index (χ3v) is 4.02. The number of nitrogens with one attached hydrogen (secondary N) is 1. The molecule has 0 aliphatic carbocycles. The second kappa shape index (κ2) is 6.88. The first-order chi connectivity index (χ1) is 11.6. The zero-order valence-electron chi connectivity index (χ0n) is 13.2. The van der Waals surface area contributed by atoms with Gasteiger partial charge in [0.15, 0.2) is 11.5 Å². The molecular weight excluding hydrogens is 372 g/mol. The van der Waals surface area contributed by atoms with Gasteiger partial charge in [-0.2, -0.15) is 0 Å². The van der Waals surface area contributed by atoms with Crippen molar-refractivity contribution >= 4 is 39.0 Å². The fourth-order valence-corrected chi connectivity index (χ4v) is 2.70. The molecule has 0 unspecified atom stereocenters. The number of nitrogens with zero attached hydrogens (tertiary/aromatic N) is 1. The quantitative estimate of drug-likeness (QED) is 0.738. The topological polar surface area (TPSA) is 64.2 Å². The Morgan fingerprint density at radius 2 is 1.83 bits per heavy atom. The number of aromatic nitrogens is 2.